The zero-order valence-corrected chi connectivity index (χ0v) is 11.3. The lowest BCUT2D eigenvalue weighted by Gasteiger charge is -2.12. The van der Waals surface area contributed by atoms with E-state index in [0.29, 0.717) is 17.9 Å². The maximum Gasteiger partial charge on any atom is 0.241 e. The molecule has 0 aliphatic rings. The van der Waals surface area contributed by atoms with E-state index in [4.69, 9.17) is 10.5 Å². The van der Waals surface area contributed by atoms with E-state index in [2.05, 4.69) is 10.3 Å². The molecular weight excluding hydrogens is 265 g/mol. The van der Waals surface area contributed by atoms with Gasteiger partial charge in [0.1, 0.15) is 11.4 Å². The molecule has 0 saturated carbocycles. The van der Waals surface area contributed by atoms with Gasteiger partial charge in [-0.05, 0) is 6.42 Å². The second-order valence-corrected chi connectivity index (χ2v) is 3.08. The van der Waals surface area contributed by atoms with Crippen LogP contribution < -0.4 is 15.8 Å². The number of rotatable bonds is 4. The molecule has 1 atom stereocenters. The highest BCUT2D eigenvalue weighted by atomic mass is 35.5. The molecule has 1 amide bonds. The third-order valence-electron chi connectivity index (χ3n) is 2.04. The summed E-state index contributed by atoms with van der Waals surface area (Å²) in [4.78, 5) is 15.4. The number of amides is 1. The lowest BCUT2D eigenvalue weighted by Crippen LogP contribution is -2.34. The summed E-state index contributed by atoms with van der Waals surface area (Å²) >= 11 is 0. The van der Waals surface area contributed by atoms with Gasteiger partial charge in [0.2, 0.25) is 5.91 Å². The Hall–Kier alpha value is -1.04. The van der Waals surface area contributed by atoms with Crippen molar-refractivity contribution in [3.8, 4) is 5.75 Å². The van der Waals surface area contributed by atoms with Crippen LogP contribution in [-0.2, 0) is 4.79 Å². The van der Waals surface area contributed by atoms with E-state index in [1.54, 1.807) is 12.3 Å². The molecule has 0 aliphatic carbocycles. The summed E-state index contributed by atoms with van der Waals surface area (Å²) in [6.07, 6.45) is 3.71. The summed E-state index contributed by atoms with van der Waals surface area (Å²) < 4.78 is 5.06. The van der Waals surface area contributed by atoms with E-state index in [-0.39, 0.29) is 30.7 Å². The summed E-state index contributed by atoms with van der Waals surface area (Å²) in [7, 11) is 1.53. The summed E-state index contributed by atoms with van der Waals surface area (Å²) in [6.45, 7) is 1.85. The molecular formula is C10H17Cl2N3O2. The van der Waals surface area contributed by atoms with Gasteiger partial charge in [-0.2, -0.15) is 0 Å². The van der Waals surface area contributed by atoms with E-state index in [1.807, 2.05) is 6.92 Å². The molecule has 0 spiro atoms. The monoisotopic (exact) mass is 281 g/mol. The Morgan fingerprint density at radius 3 is 2.76 bits per heavy atom. The van der Waals surface area contributed by atoms with Gasteiger partial charge in [0, 0.05) is 12.3 Å². The van der Waals surface area contributed by atoms with E-state index >= 15 is 0 Å². The standard InChI is InChI=1S/C10H15N3O2.2ClH/c1-3-7(11)10(14)13-8-6-12-5-4-9(8)15-2;;/h4-7H,3,11H2,1-2H3,(H,13,14);2*1H/t7-;;/m0../s1. The van der Waals surface area contributed by atoms with E-state index in [9.17, 15) is 4.79 Å². The molecule has 1 rings (SSSR count). The minimum absolute atomic E-state index is 0. The molecule has 0 radical (unpaired) electrons. The molecule has 5 nitrogen and oxygen atoms in total. The smallest absolute Gasteiger partial charge is 0.241 e. The summed E-state index contributed by atoms with van der Waals surface area (Å²) in [5.74, 6) is 0.338. The Morgan fingerprint density at radius 1 is 1.59 bits per heavy atom. The van der Waals surface area contributed by atoms with Crippen LogP contribution in [0.2, 0.25) is 0 Å². The third-order valence-corrected chi connectivity index (χ3v) is 2.04. The van der Waals surface area contributed by atoms with Crippen LogP contribution >= 0.6 is 24.8 Å². The second-order valence-electron chi connectivity index (χ2n) is 3.08. The highest BCUT2D eigenvalue weighted by Crippen LogP contribution is 2.21. The second kappa shape index (κ2) is 9.04. The maximum atomic E-state index is 11.5. The van der Waals surface area contributed by atoms with Crippen LogP contribution in [0.4, 0.5) is 5.69 Å². The Morgan fingerprint density at radius 2 is 2.24 bits per heavy atom. The Bertz CT molecular complexity index is 350. The first kappa shape index (κ1) is 18.3. The van der Waals surface area contributed by atoms with Crippen LogP contribution in [0.5, 0.6) is 5.75 Å². The number of carbonyl (C=O) groups is 1. The predicted molar refractivity (Wildman–Crippen MR) is 72.2 cm³/mol. The number of hydrogen-bond acceptors (Lipinski definition) is 4. The molecule has 1 aromatic heterocycles. The Kier molecular flexibility index (Phi) is 9.74. The maximum absolute atomic E-state index is 11.5. The van der Waals surface area contributed by atoms with Gasteiger partial charge < -0.3 is 15.8 Å². The lowest BCUT2D eigenvalue weighted by atomic mass is 10.2. The molecule has 17 heavy (non-hydrogen) atoms. The number of carbonyl (C=O) groups excluding carboxylic acids is 1. The number of pyridine rings is 1. The number of methoxy groups -OCH3 is 1. The number of ether oxygens (including phenoxy) is 1. The van der Waals surface area contributed by atoms with Crippen molar-refractivity contribution >= 4 is 36.4 Å². The van der Waals surface area contributed by atoms with Crippen molar-refractivity contribution in [2.45, 2.75) is 19.4 Å². The van der Waals surface area contributed by atoms with Gasteiger partial charge >= 0.3 is 0 Å². The highest BCUT2D eigenvalue weighted by molar-refractivity contribution is 5.95. The van der Waals surface area contributed by atoms with Crippen molar-refractivity contribution in [1.82, 2.24) is 4.98 Å². The first-order valence-corrected chi connectivity index (χ1v) is 4.73. The number of nitrogens with two attached hydrogens (primary N) is 1. The molecule has 98 valence electrons. The van der Waals surface area contributed by atoms with Crippen LogP contribution in [0.25, 0.3) is 0 Å². The Labute approximate surface area is 113 Å². The molecule has 0 bridgehead atoms. The number of hydrogen-bond donors (Lipinski definition) is 2. The minimum Gasteiger partial charge on any atom is -0.494 e. The van der Waals surface area contributed by atoms with Gasteiger partial charge in [-0.3, -0.25) is 9.78 Å². The third kappa shape index (κ3) is 5.21. The van der Waals surface area contributed by atoms with Crippen molar-refractivity contribution in [3.05, 3.63) is 18.5 Å². The van der Waals surface area contributed by atoms with Crippen LogP contribution in [0, 0.1) is 0 Å². The number of halogens is 2. The average Bonchev–Trinajstić information content (AvgIpc) is 2.28. The largest absolute Gasteiger partial charge is 0.494 e. The number of nitrogens with one attached hydrogen (secondary N) is 1. The summed E-state index contributed by atoms with van der Waals surface area (Å²) in [6, 6.07) is 1.17. The molecule has 0 saturated heterocycles. The fourth-order valence-electron chi connectivity index (χ4n) is 1.06. The van der Waals surface area contributed by atoms with Crippen LogP contribution in [-0.4, -0.2) is 24.0 Å². The fraction of sp³-hybridized carbons (Fsp3) is 0.400. The van der Waals surface area contributed by atoms with Crippen LogP contribution in [0.15, 0.2) is 18.5 Å². The number of anilines is 1. The van der Waals surface area contributed by atoms with Crippen LogP contribution in [0.1, 0.15) is 13.3 Å². The topological polar surface area (TPSA) is 77.2 Å². The molecule has 3 N–H and O–H groups in total. The van der Waals surface area contributed by atoms with Crippen molar-refractivity contribution in [2.24, 2.45) is 5.73 Å². The molecule has 1 heterocycles. The first-order valence-electron chi connectivity index (χ1n) is 4.73. The van der Waals surface area contributed by atoms with Gasteiger partial charge in [0.25, 0.3) is 0 Å². The zero-order valence-electron chi connectivity index (χ0n) is 9.67. The van der Waals surface area contributed by atoms with E-state index in [1.165, 1.54) is 13.3 Å². The predicted octanol–water partition coefficient (Wildman–Crippen LogP) is 1.61. The lowest BCUT2D eigenvalue weighted by molar-refractivity contribution is -0.117. The minimum atomic E-state index is -0.505. The zero-order chi connectivity index (χ0) is 11.3. The summed E-state index contributed by atoms with van der Waals surface area (Å²) in [5.41, 5.74) is 6.12. The average molecular weight is 282 g/mol. The van der Waals surface area contributed by atoms with Crippen molar-refractivity contribution in [3.63, 3.8) is 0 Å². The molecule has 0 unspecified atom stereocenters. The molecule has 0 fully saturated rings. The van der Waals surface area contributed by atoms with E-state index in [0.717, 1.165) is 0 Å². The van der Waals surface area contributed by atoms with Gasteiger partial charge in [0.15, 0.2) is 0 Å². The Balaban J connectivity index is 0. The molecule has 0 aliphatic heterocycles. The SMILES string of the molecule is CC[C@H](N)C(=O)Nc1cnccc1OC.Cl.Cl. The van der Waals surface area contributed by atoms with Gasteiger partial charge in [-0.15, -0.1) is 24.8 Å². The quantitative estimate of drug-likeness (QED) is 0.879. The van der Waals surface area contributed by atoms with Gasteiger partial charge in [-0.1, -0.05) is 6.92 Å². The van der Waals surface area contributed by atoms with Crippen LogP contribution in [0.3, 0.4) is 0 Å². The van der Waals surface area contributed by atoms with Crippen molar-refractivity contribution in [1.29, 1.82) is 0 Å². The first-order chi connectivity index (χ1) is 7.19. The molecule has 7 heteroatoms. The molecule has 1 aromatic rings. The van der Waals surface area contributed by atoms with Gasteiger partial charge in [-0.25, -0.2) is 0 Å². The highest BCUT2D eigenvalue weighted by Gasteiger charge is 2.13. The van der Waals surface area contributed by atoms with Gasteiger partial charge in [0.05, 0.1) is 19.3 Å². The summed E-state index contributed by atoms with van der Waals surface area (Å²) in [5, 5.41) is 2.66. The normalized spacial score (nSPS) is 10.5. The molecule has 0 aromatic carbocycles. The van der Waals surface area contributed by atoms with E-state index < -0.39 is 6.04 Å². The van der Waals surface area contributed by atoms with Crippen molar-refractivity contribution < 1.29 is 9.53 Å². The fourth-order valence-corrected chi connectivity index (χ4v) is 1.06. The number of nitrogens with zero attached hydrogens (tertiary/aromatic N) is 1. The van der Waals surface area contributed by atoms with Crippen molar-refractivity contribution in [2.75, 3.05) is 12.4 Å². The number of aromatic nitrogens is 1.